The van der Waals surface area contributed by atoms with Gasteiger partial charge in [0.05, 0.1) is 0 Å². The lowest BCUT2D eigenvalue weighted by atomic mass is 10.2. The highest BCUT2D eigenvalue weighted by atomic mass is 28.3. The van der Waals surface area contributed by atoms with Gasteiger partial charge in [0.15, 0.2) is 0 Å². The normalized spacial score (nSPS) is 11.4. The summed E-state index contributed by atoms with van der Waals surface area (Å²) in [4.78, 5) is 4.07. The summed E-state index contributed by atoms with van der Waals surface area (Å²) in [6.45, 7) is 3.36. The predicted molar refractivity (Wildman–Crippen MR) is 114 cm³/mol. The van der Waals surface area contributed by atoms with Gasteiger partial charge in [-0.2, -0.15) is 0 Å². The first-order valence-corrected chi connectivity index (χ1v) is 12.3. The summed E-state index contributed by atoms with van der Waals surface area (Å²) >= 11 is 0. The van der Waals surface area contributed by atoms with Crippen LogP contribution in [0.1, 0.15) is 30.0 Å². The molecule has 0 spiro atoms. The summed E-state index contributed by atoms with van der Waals surface area (Å²) < 4.78 is 0. The summed E-state index contributed by atoms with van der Waals surface area (Å²) in [7, 11) is -1.79. The van der Waals surface area contributed by atoms with Gasteiger partial charge in [-0.1, -0.05) is 97.9 Å². The van der Waals surface area contributed by atoms with Crippen LogP contribution in [0.15, 0.2) is 91.0 Å². The number of nitrogens with one attached hydrogen (secondary N) is 1. The molecule has 0 aliphatic carbocycles. The summed E-state index contributed by atoms with van der Waals surface area (Å²) in [5.41, 5.74) is 4.36. The van der Waals surface area contributed by atoms with Crippen molar-refractivity contribution in [2.75, 3.05) is 6.54 Å². The minimum atomic E-state index is -1.79. The van der Waals surface area contributed by atoms with Gasteiger partial charge in [0, 0.05) is 0 Å². The topological polar surface area (TPSA) is 12.0 Å². The van der Waals surface area contributed by atoms with Crippen molar-refractivity contribution >= 4 is 8.24 Å². The minimum Gasteiger partial charge on any atom is -0.336 e. The summed E-state index contributed by atoms with van der Waals surface area (Å²) in [5.74, 6) is 0. The monoisotopic (exact) mass is 359 g/mol. The number of hydrogen-bond acceptors (Lipinski definition) is 1. The van der Waals surface area contributed by atoms with Crippen molar-refractivity contribution in [1.29, 1.82) is 0 Å². The Labute approximate surface area is 159 Å². The van der Waals surface area contributed by atoms with Crippen LogP contribution in [0.2, 0.25) is 0 Å². The van der Waals surface area contributed by atoms with E-state index in [9.17, 15) is 0 Å². The molecule has 134 valence electrons. The zero-order valence-corrected chi connectivity index (χ0v) is 16.7. The quantitative estimate of drug-likeness (QED) is 0.513. The Bertz CT molecular complexity index is 655. The van der Waals surface area contributed by atoms with Crippen LogP contribution >= 0.6 is 0 Å². The Kier molecular flexibility index (Phi) is 6.81. The van der Waals surface area contributed by atoms with Gasteiger partial charge in [0.25, 0.3) is 0 Å². The van der Waals surface area contributed by atoms with Crippen molar-refractivity contribution in [3.05, 3.63) is 108 Å². The van der Waals surface area contributed by atoms with E-state index in [-0.39, 0.29) is 0 Å². The first kappa shape index (κ1) is 18.6. The van der Waals surface area contributed by atoms with E-state index in [1.165, 1.54) is 23.1 Å². The van der Waals surface area contributed by atoms with Crippen LogP contribution < -0.4 is 4.98 Å². The van der Waals surface area contributed by atoms with E-state index in [0.29, 0.717) is 0 Å². The zero-order chi connectivity index (χ0) is 18.1. The molecule has 0 atom stereocenters. The second kappa shape index (κ2) is 9.51. The molecular weight excluding hydrogens is 330 g/mol. The van der Waals surface area contributed by atoms with Crippen LogP contribution in [-0.2, 0) is 18.1 Å². The number of benzene rings is 3. The average Bonchev–Trinajstić information content (AvgIpc) is 2.69. The Morgan fingerprint density at radius 2 is 0.923 bits per heavy atom. The average molecular weight is 360 g/mol. The van der Waals surface area contributed by atoms with Gasteiger partial charge in [0.1, 0.15) is 8.24 Å². The summed E-state index contributed by atoms with van der Waals surface area (Å²) in [5, 5.41) is 0. The fraction of sp³-hybridized carbons (Fsp3) is 0.250. The lowest BCUT2D eigenvalue weighted by molar-refractivity contribution is 0.808. The summed E-state index contributed by atoms with van der Waals surface area (Å²) in [6.07, 6.45) is 1.17. The van der Waals surface area contributed by atoms with Crippen molar-refractivity contribution in [2.45, 2.75) is 31.5 Å². The molecule has 3 aromatic carbocycles. The van der Waals surface area contributed by atoms with Gasteiger partial charge >= 0.3 is 0 Å². The van der Waals surface area contributed by atoms with Gasteiger partial charge in [-0.15, -0.1) is 0 Å². The molecule has 1 nitrogen and oxygen atoms in total. The van der Waals surface area contributed by atoms with E-state index in [1.54, 1.807) is 0 Å². The maximum absolute atomic E-state index is 4.07. The first-order chi connectivity index (χ1) is 12.8. The second-order valence-electron chi connectivity index (χ2n) is 7.19. The lowest BCUT2D eigenvalue weighted by Gasteiger charge is -2.34. The third-order valence-corrected chi connectivity index (χ3v) is 9.16. The number of hydrogen-bond donors (Lipinski definition) is 1. The van der Waals surface area contributed by atoms with Crippen LogP contribution in [0, 0.1) is 0 Å². The molecule has 0 fully saturated rings. The van der Waals surface area contributed by atoms with E-state index >= 15 is 0 Å². The predicted octanol–water partition coefficient (Wildman–Crippen LogP) is 5.28. The Hall–Kier alpha value is -2.16. The molecule has 3 aromatic rings. The van der Waals surface area contributed by atoms with Gasteiger partial charge in [-0.05, 0) is 47.8 Å². The fourth-order valence-electron chi connectivity index (χ4n) is 3.72. The molecule has 0 aromatic heterocycles. The third-order valence-electron chi connectivity index (χ3n) is 4.91. The highest BCUT2D eigenvalue weighted by Crippen LogP contribution is 2.20. The van der Waals surface area contributed by atoms with Crippen molar-refractivity contribution < 1.29 is 0 Å². The largest absolute Gasteiger partial charge is 0.336 e. The van der Waals surface area contributed by atoms with Crippen molar-refractivity contribution in [1.82, 2.24) is 4.98 Å². The number of rotatable bonds is 9. The van der Waals surface area contributed by atoms with Crippen molar-refractivity contribution in [3.8, 4) is 0 Å². The summed E-state index contributed by atoms with van der Waals surface area (Å²) in [6, 6.07) is 36.5. The van der Waals surface area contributed by atoms with E-state index in [0.717, 1.165) is 24.7 Å². The van der Waals surface area contributed by atoms with E-state index in [4.69, 9.17) is 0 Å². The molecule has 0 aliphatic heterocycles. The molecule has 0 amide bonds. The van der Waals surface area contributed by atoms with E-state index < -0.39 is 8.24 Å². The Morgan fingerprint density at radius 1 is 0.577 bits per heavy atom. The van der Waals surface area contributed by atoms with Crippen LogP contribution in [0.5, 0.6) is 0 Å². The van der Waals surface area contributed by atoms with Crippen LogP contribution in [0.3, 0.4) is 0 Å². The fourth-order valence-corrected chi connectivity index (χ4v) is 8.31. The van der Waals surface area contributed by atoms with Crippen LogP contribution in [-0.4, -0.2) is 14.8 Å². The molecule has 0 bridgehead atoms. The van der Waals surface area contributed by atoms with E-state index in [2.05, 4.69) is 103 Å². The Balaban J connectivity index is 1.94. The smallest absolute Gasteiger partial charge is 0.138 e. The zero-order valence-electron chi connectivity index (χ0n) is 15.7. The van der Waals surface area contributed by atoms with Gasteiger partial charge in [-0.25, -0.2) is 0 Å². The standard InChI is InChI=1S/C24H29NSi/c1-2-18-25-26(19-22-12-6-3-7-13-22,20-23-14-8-4-9-15-23)21-24-16-10-5-11-17-24/h3-17,25H,2,18-21H2,1H3. The van der Waals surface area contributed by atoms with Gasteiger partial charge in [-0.3, -0.25) is 0 Å². The molecule has 0 aliphatic rings. The maximum atomic E-state index is 4.07. The highest BCUT2D eigenvalue weighted by molar-refractivity contribution is 6.76. The van der Waals surface area contributed by atoms with Crippen LogP contribution in [0.25, 0.3) is 0 Å². The lowest BCUT2D eigenvalue weighted by Crippen LogP contribution is -2.57. The van der Waals surface area contributed by atoms with Gasteiger partial charge < -0.3 is 4.98 Å². The molecule has 3 rings (SSSR count). The van der Waals surface area contributed by atoms with Crippen LogP contribution in [0.4, 0.5) is 0 Å². The maximum Gasteiger partial charge on any atom is 0.138 e. The van der Waals surface area contributed by atoms with Gasteiger partial charge in [0.2, 0.25) is 0 Å². The molecule has 0 heterocycles. The third kappa shape index (κ3) is 5.42. The molecule has 2 heteroatoms. The molecule has 0 saturated heterocycles. The molecule has 0 saturated carbocycles. The van der Waals surface area contributed by atoms with Crippen molar-refractivity contribution in [2.24, 2.45) is 0 Å². The second-order valence-corrected chi connectivity index (χ2v) is 11.2. The Morgan fingerprint density at radius 3 is 1.23 bits per heavy atom. The molecule has 0 unspecified atom stereocenters. The SMILES string of the molecule is CCCN[Si](Cc1ccccc1)(Cc1ccccc1)Cc1ccccc1. The molecule has 26 heavy (non-hydrogen) atoms. The highest BCUT2D eigenvalue weighted by Gasteiger charge is 2.33. The minimum absolute atomic E-state index is 1.10. The molecule has 0 radical (unpaired) electrons. The van der Waals surface area contributed by atoms with E-state index in [1.807, 2.05) is 0 Å². The van der Waals surface area contributed by atoms with Crippen molar-refractivity contribution in [3.63, 3.8) is 0 Å². The molecular formula is C24H29NSi. The first-order valence-electron chi connectivity index (χ1n) is 9.66. The molecule has 1 N–H and O–H groups in total.